The van der Waals surface area contributed by atoms with Crippen LogP contribution in [0, 0.1) is 13.8 Å². The van der Waals surface area contributed by atoms with Crippen molar-refractivity contribution in [1.29, 1.82) is 0 Å². The molecule has 3 aliphatic carbocycles. The summed E-state index contributed by atoms with van der Waals surface area (Å²) in [5, 5.41) is 0. The third kappa shape index (κ3) is 5.72. The van der Waals surface area contributed by atoms with E-state index in [0.717, 1.165) is 71.6 Å². The van der Waals surface area contributed by atoms with Gasteiger partial charge in [0.1, 0.15) is 0 Å². The van der Waals surface area contributed by atoms with Gasteiger partial charge in [0.2, 0.25) is 0 Å². The van der Waals surface area contributed by atoms with Crippen molar-refractivity contribution in [2.75, 3.05) is 0 Å². The fourth-order valence-corrected chi connectivity index (χ4v) is 6.97. The second kappa shape index (κ2) is 12.7. The van der Waals surface area contributed by atoms with Crippen LogP contribution >= 0.6 is 0 Å². The maximum atomic E-state index is 5.39. The highest BCUT2D eigenvalue weighted by Gasteiger charge is 2.26. The SMILES string of the molecule is C=C1C2=C(C=CCC2)C/C1=C(/N=C(C)c1cccc(-c2cc(C3=CC=CCC3)nc(-c3ccccc3C)c2C)c1)c1ccccc1. The van der Waals surface area contributed by atoms with Crippen LogP contribution in [0.1, 0.15) is 67.0 Å². The number of benzene rings is 3. The van der Waals surface area contributed by atoms with Crippen LogP contribution in [-0.2, 0) is 0 Å². The van der Waals surface area contributed by atoms with Gasteiger partial charge in [0.05, 0.1) is 17.1 Å². The number of hydrogen-bond donors (Lipinski definition) is 0. The van der Waals surface area contributed by atoms with Gasteiger partial charge in [-0.3, -0.25) is 4.99 Å². The average molecular weight is 597 g/mol. The lowest BCUT2D eigenvalue weighted by molar-refractivity contribution is 0.970. The highest BCUT2D eigenvalue weighted by Crippen LogP contribution is 2.44. The van der Waals surface area contributed by atoms with Crippen molar-refractivity contribution in [3.05, 3.63) is 172 Å². The van der Waals surface area contributed by atoms with E-state index in [1.807, 2.05) is 0 Å². The van der Waals surface area contributed by atoms with E-state index < -0.39 is 0 Å². The lowest BCUT2D eigenvalue weighted by Gasteiger charge is -2.18. The van der Waals surface area contributed by atoms with E-state index in [9.17, 15) is 0 Å². The minimum atomic E-state index is 0.886. The minimum Gasteiger partial charge on any atom is -0.252 e. The first-order chi connectivity index (χ1) is 22.5. The smallest absolute Gasteiger partial charge is 0.0747 e. The Hall–Kier alpha value is -5.08. The van der Waals surface area contributed by atoms with E-state index in [2.05, 4.69) is 143 Å². The topological polar surface area (TPSA) is 25.2 Å². The molecular formula is C44H40N2. The maximum absolute atomic E-state index is 5.39. The zero-order chi connectivity index (χ0) is 31.6. The lowest BCUT2D eigenvalue weighted by atomic mass is 9.91. The summed E-state index contributed by atoms with van der Waals surface area (Å²) >= 11 is 0. The summed E-state index contributed by atoms with van der Waals surface area (Å²) in [5.74, 6) is 0. The summed E-state index contributed by atoms with van der Waals surface area (Å²) in [5.41, 5.74) is 18.8. The van der Waals surface area contributed by atoms with Gasteiger partial charge in [-0.1, -0.05) is 110 Å². The van der Waals surface area contributed by atoms with Gasteiger partial charge >= 0.3 is 0 Å². The van der Waals surface area contributed by atoms with Crippen molar-refractivity contribution in [3.63, 3.8) is 0 Å². The van der Waals surface area contributed by atoms with E-state index in [0.29, 0.717) is 0 Å². The molecule has 0 spiro atoms. The van der Waals surface area contributed by atoms with Crippen molar-refractivity contribution < 1.29 is 0 Å². The van der Waals surface area contributed by atoms with Gasteiger partial charge in [-0.15, -0.1) is 0 Å². The van der Waals surface area contributed by atoms with E-state index in [1.54, 1.807) is 0 Å². The Balaban J connectivity index is 1.34. The van der Waals surface area contributed by atoms with Crippen molar-refractivity contribution in [1.82, 2.24) is 4.98 Å². The summed E-state index contributed by atoms with van der Waals surface area (Å²) < 4.78 is 0. The van der Waals surface area contributed by atoms with E-state index in [1.165, 1.54) is 50.1 Å². The molecule has 4 aromatic rings. The van der Waals surface area contributed by atoms with Crippen LogP contribution in [0.25, 0.3) is 33.7 Å². The fraction of sp³-hybridized carbons (Fsp3) is 0.182. The van der Waals surface area contributed by atoms with Gasteiger partial charge in [-0.2, -0.15) is 0 Å². The Morgan fingerprint density at radius 3 is 2.37 bits per heavy atom. The van der Waals surface area contributed by atoms with Crippen LogP contribution < -0.4 is 0 Å². The number of hydrogen-bond acceptors (Lipinski definition) is 2. The molecule has 1 aromatic heterocycles. The quantitative estimate of drug-likeness (QED) is 0.203. The molecule has 0 amide bonds. The van der Waals surface area contributed by atoms with Crippen LogP contribution in [0.4, 0.5) is 0 Å². The Bertz CT molecular complexity index is 2040. The average Bonchev–Trinajstić information content (AvgIpc) is 3.44. The summed E-state index contributed by atoms with van der Waals surface area (Å²) in [6.45, 7) is 11.1. The van der Waals surface area contributed by atoms with Crippen LogP contribution in [0.3, 0.4) is 0 Å². The van der Waals surface area contributed by atoms with Crippen LogP contribution in [0.15, 0.2) is 149 Å². The predicted molar refractivity (Wildman–Crippen MR) is 196 cm³/mol. The molecule has 0 fully saturated rings. The monoisotopic (exact) mass is 596 g/mol. The molecule has 0 saturated carbocycles. The molecule has 3 aliphatic rings. The summed E-state index contributed by atoms with van der Waals surface area (Å²) in [6.07, 6.45) is 16.3. The Morgan fingerprint density at radius 1 is 0.804 bits per heavy atom. The van der Waals surface area contributed by atoms with Gasteiger partial charge in [-0.05, 0) is 114 Å². The molecule has 7 rings (SSSR count). The van der Waals surface area contributed by atoms with E-state index >= 15 is 0 Å². The van der Waals surface area contributed by atoms with Gasteiger partial charge in [0, 0.05) is 23.3 Å². The predicted octanol–water partition coefficient (Wildman–Crippen LogP) is 11.6. The Morgan fingerprint density at radius 2 is 1.59 bits per heavy atom. The van der Waals surface area contributed by atoms with Crippen molar-refractivity contribution >= 4 is 17.0 Å². The van der Waals surface area contributed by atoms with Gasteiger partial charge < -0.3 is 0 Å². The molecule has 0 bridgehead atoms. The highest BCUT2D eigenvalue weighted by molar-refractivity contribution is 6.03. The normalized spacial score (nSPS) is 17.3. The second-order valence-corrected chi connectivity index (χ2v) is 12.6. The summed E-state index contributed by atoms with van der Waals surface area (Å²) in [6, 6.07) is 30.3. The maximum Gasteiger partial charge on any atom is 0.0747 e. The van der Waals surface area contributed by atoms with Gasteiger partial charge in [0.15, 0.2) is 0 Å². The first-order valence-electron chi connectivity index (χ1n) is 16.4. The number of aliphatic imine (C=N–C) groups is 1. The molecule has 226 valence electrons. The van der Waals surface area contributed by atoms with Crippen LogP contribution in [0.5, 0.6) is 0 Å². The Kier molecular flexibility index (Phi) is 8.20. The molecule has 3 aromatic carbocycles. The molecule has 46 heavy (non-hydrogen) atoms. The number of allylic oxidation sites excluding steroid dienone is 10. The number of rotatable bonds is 6. The standard InChI is InChI=1S/C44H40N2/c1-29-16-11-13-24-38(29)43-31(3)40(28-42(46-43)33-17-7-5-8-18-33)36-23-15-22-35(26-36)32(4)45-44(34-19-9-6-10-20-34)41-27-37-21-12-14-25-39(37)30(41)2/h5-7,9-13,15-17,19-24,26,28H,2,8,14,18,25,27H2,1,3-4H3/b44-41-,45-32?. The van der Waals surface area contributed by atoms with Crippen molar-refractivity contribution in [3.8, 4) is 22.4 Å². The molecule has 2 heteroatoms. The second-order valence-electron chi connectivity index (χ2n) is 12.6. The largest absolute Gasteiger partial charge is 0.252 e. The number of pyridine rings is 1. The molecule has 0 aliphatic heterocycles. The minimum absolute atomic E-state index is 0.886. The van der Waals surface area contributed by atoms with Crippen molar-refractivity contribution in [2.24, 2.45) is 4.99 Å². The number of aromatic nitrogens is 1. The first-order valence-corrected chi connectivity index (χ1v) is 16.4. The molecule has 0 radical (unpaired) electrons. The Labute approximate surface area is 273 Å². The molecular weight excluding hydrogens is 556 g/mol. The molecule has 2 nitrogen and oxygen atoms in total. The number of nitrogens with zero attached hydrogens (tertiary/aromatic N) is 2. The molecule has 0 unspecified atom stereocenters. The highest BCUT2D eigenvalue weighted by atomic mass is 14.8. The number of aryl methyl sites for hydroxylation is 1. The fourth-order valence-electron chi connectivity index (χ4n) is 6.97. The third-order valence-electron chi connectivity index (χ3n) is 9.58. The molecule has 0 N–H and O–H groups in total. The summed E-state index contributed by atoms with van der Waals surface area (Å²) in [4.78, 5) is 10.7. The third-order valence-corrected chi connectivity index (χ3v) is 9.58. The van der Waals surface area contributed by atoms with Crippen LogP contribution in [-0.4, -0.2) is 10.7 Å². The van der Waals surface area contributed by atoms with E-state index in [-0.39, 0.29) is 0 Å². The van der Waals surface area contributed by atoms with Crippen LogP contribution in [0.2, 0.25) is 0 Å². The van der Waals surface area contributed by atoms with Gasteiger partial charge in [0.25, 0.3) is 0 Å². The van der Waals surface area contributed by atoms with E-state index in [4.69, 9.17) is 9.98 Å². The zero-order valence-corrected chi connectivity index (χ0v) is 27.1. The van der Waals surface area contributed by atoms with Gasteiger partial charge in [-0.25, -0.2) is 4.98 Å². The zero-order valence-electron chi connectivity index (χ0n) is 27.1. The lowest BCUT2D eigenvalue weighted by Crippen LogP contribution is -2.02. The summed E-state index contributed by atoms with van der Waals surface area (Å²) in [7, 11) is 0. The molecule has 0 saturated heterocycles. The van der Waals surface area contributed by atoms with Crippen molar-refractivity contribution in [2.45, 2.75) is 52.9 Å². The molecule has 1 heterocycles. The molecule has 0 atom stereocenters. The first kappa shape index (κ1) is 29.6.